The first-order valence-electron chi connectivity index (χ1n) is 7.56. The molecule has 2 fully saturated rings. The molecule has 1 atom stereocenters. The second-order valence-electron chi connectivity index (χ2n) is 5.86. The summed E-state index contributed by atoms with van der Waals surface area (Å²) < 4.78 is 0. The van der Waals surface area contributed by atoms with Crippen LogP contribution in [0.5, 0.6) is 0 Å². The smallest absolute Gasteiger partial charge is 0.275 e. The quantitative estimate of drug-likeness (QED) is 0.676. The van der Waals surface area contributed by atoms with Gasteiger partial charge in [-0.15, -0.1) is 0 Å². The summed E-state index contributed by atoms with van der Waals surface area (Å²) in [7, 11) is 0. The largest absolute Gasteiger partial charge is 0.391 e. The maximum atomic E-state index is 10.9. The van der Waals surface area contributed by atoms with E-state index in [0.717, 1.165) is 25.2 Å². The molecular weight excluding hydrogens is 270 g/mol. The Morgan fingerprint density at radius 2 is 2.05 bits per heavy atom. The maximum absolute atomic E-state index is 10.9. The zero-order valence-corrected chi connectivity index (χ0v) is 12.1. The van der Waals surface area contributed by atoms with E-state index in [1.54, 1.807) is 12.1 Å². The molecule has 3 rings (SSSR count). The molecule has 0 amide bonds. The molecule has 1 aromatic rings. The molecule has 0 aromatic heterocycles. The lowest BCUT2D eigenvalue weighted by atomic mass is 10.1. The van der Waals surface area contributed by atoms with Crippen molar-refractivity contribution in [2.45, 2.75) is 31.9 Å². The van der Waals surface area contributed by atoms with Crippen molar-refractivity contribution in [2.24, 2.45) is 0 Å². The highest BCUT2D eigenvalue weighted by Gasteiger charge is 2.29. The van der Waals surface area contributed by atoms with Gasteiger partial charge in [-0.2, -0.15) is 0 Å². The minimum Gasteiger partial charge on any atom is -0.391 e. The predicted molar refractivity (Wildman–Crippen MR) is 80.4 cm³/mol. The number of aliphatic hydroxyl groups excluding tert-OH is 1. The molecule has 0 spiro atoms. The van der Waals surface area contributed by atoms with E-state index < -0.39 is 4.92 Å². The Hall–Kier alpha value is -1.66. The molecule has 0 saturated carbocycles. The number of nitrogens with zero attached hydrogens (tertiary/aromatic N) is 3. The Balaban J connectivity index is 1.74. The normalized spacial score (nSPS) is 22.9. The summed E-state index contributed by atoms with van der Waals surface area (Å²) >= 11 is 0. The zero-order chi connectivity index (χ0) is 14.8. The van der Waals surface area contributed by atoms with Crippen molar-refractivity contribution in [3.63, 3.8) is 0 Å². The Labute approximate surface area is 124 Å². The standard InChI is InChI=1S/C15H21N3O3/c19-11-12-9-13(3-4-15(12)18(20)21)17-8-5-14(10-17)16-6-1-2-7-16/h3-4,9,14,19H,1-2,5-8,10-11H2. The van der Waals surface area contributed by atoms with Crippen LogP contribution in [0.3, 0.4) is 0 Å². The van der Waals surface area contributed by atoms with Crippen LogP contribution in [0.15, 0.2) is 18.2 Å². The fourth-order valence-corrected chi connectivity index (χ4v) is 3.45. The van der Waals surface area contributed by atoms with Gasteiger partial charge in [-0.1, -0.05) is 0 Å². The number of anilines is 1. The first kappa shape index (κ1) is 14.3. The van der Waals surface area contributed by atoms with Crippen LogP contribution in [0.25, 0.3) is 0 Å². The van der Waals surface area contributed by atoms with Crippen molar-refractivity contribution in [2.75, 3.05) is 31.1 Å². The first-order chi connectivity index (χ1) is 10.2. The van der Waals surface area contributed by atoms with Gasteiger partial charge in [-0.3, -0.25) is 15.0 Å². The average molecular weight is 291 g/mol. The van der Waals surface area contributed by atoms with E-state index >= 15 is 0 Å². The maximum Gasteiger partial charge on any atom is 0.275 e. The van der Waals surface area contributed by atoms with Crippen molar-refractivity contribution in [1.29, 1.82) is 0 Å². The van der Waals surface area contributed by atoms with Crippen LogP contribution in [0.1, 0.15) is 24.8 Å². The lowest BCUT2D eigenvalue weighted by molar-refractivity contribution is -0.385. The molecule has 21 heavy (non-hydrogen) atoms. The van der Waals surface area contributed by atoms with Gasteiger partial charge in [0.2, 0.25) is 0 Å². The molecule has 2 heterocycles. The molecular formula is C15H21N3O3. The van der Waals surface area contributed by atoms with E-state index in [1.165, 1.54) is 32.0 Å². The van der Waals surface area contributed by atoms with E-state index in [-0.39, 0.29) is 12.3 Å². The van der Waals surface area contributed by atoms with Gasteiger partial charge in [0.25, 0.3) is 5.69 Å². The molecule has 0 aliphatic carbocycles. The number of nitro benzene ring substituents is 1. The molecule has 0 radical (unpaired) electrons. The third-order valence-corrected chi connectivity index (χ3v) is 4.62. The van der Waals surface area contributed by atoms with Crippen LogP contribution >= 0.6 is 0 Å². The van der Waals surface area contributed by atoms with Crippen LogP contribution in [0.2, 0.25) is 0 Å². The van der Waals surface area contributed by atoms with Crippen LogP contribution in [0.4, 0.5) is 11.4 Å². The Morgan fingerprint density at radius 3 is 2.71 bits per heavy atom. The third kappa shape index (κ3) is 2.87. The van der Waals surface area contributed by atoms with Crippen molar-refractivity contribution in [3.8, 4) is 0 Å². The van der Waals surface area contributed by atoms with E-state index in [9.17, 15) is 15.2 Å². The second-order valence-corrected chi connectivity index (χ2v) is 5.86. The van der Waals surface area contributed by atoms with Crippen molar-refractivity contribution in [3.05, 3.63) is 33.9 Å². The van der Waals surface area contributed by atoms with Gasteiger partial charge in [0.15, 0.2) is 0 Å². The van der Waals surface area contributed by atoms with Gasteiger partial charge in [-0.25, -0.2) is 0 Å². The highest BCUT2D eigenvalue weighted by Crippen LogP contribution is 2.29. The molecule has 2 aliphatic heterocycles. The SMILES string of the molecule is O=[N+]([O-])c1ccc(N2CCC(N3CCCC3)C2)cc1CO. The lowest BCUT2D eigenvalue weighted by Crippen LogP contribution is -2.35. The van der Waals surface area contributed by atoms with Crippen molar-refractivity contribution >= 4 is 11.4 Å². The number of rotatable bonds is 4. The first-order valence-corrected chi connectivity index (χ1v) is 7.56. The Bertz CT molecular complexity index is 529. The summed E-state index contributed by atoms with van der Waals surface area (Å²) in [6.45, 7) is 4.04. The minimum atomic E-state index is -0.438. The number of aliphatic hydroxyl groups is 1. The van der Waals surface area contributed by atoms with Gasteiger partial charge in [-0.05, 0) is 44.5 Å². The molecule has 2 saturated heterocycles. The lowest BCUT2D eigenvalue weighted by Gasteiger charge is -2.24. The molecule has 0 bridgehead atoms. The molecule has 1 unspecified atom stereocenters. The highest BCUT2D eigenvalue weighted by atomic mass is 16.6. The van der Waals surface area contributed by atoms with Crippen molar-refractivity contribution in [1.82, 2.24) is 4.90 Å². The van der Waals surface area contributed by atoms with Crippen molar-refractivity contribution < 1.29 is 10.0 Å². The summed E-state index contributed by atoms with van der Waals surface area (Å²) in [5, 5.41) is 20.2. The molecule has 2 aliphatic rings. The fourth-order valence-electron chi connectivity index (χ4n) is 3.45. The van der Waals surface area contributed by atoms with Gasteiger partial charge in [0.05, 0.1) is 17.1 Å². The number of likely N-dealkylation sites (tertiary alicyclic amines) is 1. The zero-order valence-electron chi connectivity index (χ0n) is 12.1. The second kappa shape index (κ2) is 5.99. The van der Waals surface area contributed by atoms with E-state index in [0.29, 0.717) is 11.6 Å². The Morgan fingerprint density at radius 1 is 1.29 bits per heavy atom. The number of hydrogen-bond acceptors (Lipinski definition) is 5. The minimum absolute atomic E-state index is 0.00320. The van der Waals surface area contributed by atoms with E-state index in [2.05, 4.69) is 9.80 Å². The molecule has 1 aromatic carbocycles. The fraction of sp³-hybridized carbons (Fsp3) is 0.600. The van der Waals surface area contributed by atoms with E-state index in [4.69, 9.17) is 0 Å². The third-order valence-electron chi connectivity index (χ3n) is 4.62. The van der Waals surface area contributed by atoms with Crippen LogP contribution < -0.4 is 4.90 Å². The molecule has 1 N–H and O–H groups in total. The van der Waals surface area contributed by atoms with Gasteiger partial charge in [0.1, 0.15) is 0 Å². The summed E-state index contributed by atoms with van der Waals surface area (Å²) in [5.41, 5.74) is 1.37. The van der Waals surface area contributed by atoms with Gasteiger partial charge >= 0.3 is 0 Å². The average Bonchev–Trinajstić information content (AvgIpc) is 3.17. The van der Waals surface area contributed by atoms with Crippen LogP contribution in [-0.2, 0) is 6.61 Å². The number of benzene rings is 1. The van der Waals surface area contributed by atoms with Crippen LogP contribution in [-0.4, -0.2) is 47.2 Å². The van der Waals surface area contributed by atoms with Gasteiger partial charge < -0.3 is 10.0 Å². The summed E-state index contributed by atoms with van der Waals surface area (Å²) in [6, 6.07) is 5.65. The summed E-state index contributed by atoms with van der Waals surface area (Å²) in [6.07, 6.45) is 3.73. The predicted octanol–water partition coefficient (Wildman–Crippen LogP) is 1.76. The molecule has 6 heteroatoms. The summed E-state index contributed by atoms with van der Waals surface area (Å²) in [4.78, 5) is 15.3. The van der Waals surface area contributed by atoms with Crippen LogP contribution in [0, 0.1) is 10.1 Å². The molecule has 6 nitrogen and oxygen atoms in total. The van der Waals surface area contributed by atoms with Gasteiger partial charge in [0, 0.05) is 30.9 Å². The summed E-state index contributed by atoms with van der Waals surface area (Å²) in [5.74, 6) is 0. The Kier molecular flexibility index (Phi) is 4.07. The number of nitro groups is 1. The van der Waals surface area contributed by atoms with E-state index in [1.807, 2.05) is 0 Å². The highest BCUT2D eigenvalue weighted by molar-refractivity contribution is 5.56. The number of hydrogen-bond donors (Lipinski definition) is 1. The topological polar surface area (TPSA) is 69.9 Å². The monoisotopic (exact) mass is 291 g/mol. The molecule has 114 valence electrons.